The Morgan fingerprint density at radius 3 is 2.66 bits per heavy atom. The van der Waals surface area contributed by atoms with Gasteiger partial charge in [0.2, 0.25) is 0 Å². The number of nitrogens with zero attached hydrogens (tertiary/aromatic N) is 2. The number of hydrogen-bond donors (Lipinski definition) is 3. The molecule has 1 aliphatic heterocycles. The molecule has 1 saturated heterocycles. The fraction of sp³-hybridized carbons (Fsp3) is 0.333. The highest BCUT2D eigenvalue weighted by molar-refractivity contribution is 5.99. The van der Waals surface area contributed by atoms with Crippen molar-refractivity contribution in [3.05, 3.63) is 89.6 Å². The Bertz CT molecular complexity index is 1120. The first-order chi connectivity index (χ1) is 17.0. The van der Waals surface area contributed by atoms with Gasteiger partial charge in [-0.3, -0.25) is 15.6 Å². The molecule has 2 aromatic carbocycles. The molecule has 184 valence electrons. The molecule has 0 spiro atoms. The van der Waals surface area contributed by atoms with E-state index >= 15 is 0 Å². The molecule has 1 aromatic heterocycles. The topological polar surface area (TPSA) is 69.3 Å². The number of hydrazine groups is 1. The SMILES string of the molecule is CN(CCCCCC1CC(c2ccc(F)cc2)NN1)C(=O)c1cccnc1Nc1cccc(F)c1. The van der Waals surface area contributed by atoms with Crippen LogP contribution in [0.25, 0.3) is 0 Å². The molecule has 0 saturated carbocycles. The van der Waals surface area contributed by atoms with Crippen LogP contribution in [0.5, 0.6) is 0 Å². The number of anilines is 2. The number of amides is 1. The molecule has 6 nitrogen and oxygen atoms in total. The Labute approximate surface area is 204 Å². The lowest BCUT2D eigenvalue weighted by molar-refractivity contribution is 0.0793. The van der Waals surface area contributed by atoms with Gasteiger partial charge in [0.1, 0.15) is 17.5 Å². The van der Waals surface area contributed by atoms with E-state index in [1.165, 1.54) is 24.3 Å². The van der Waals surface area contributed by atoms with E-state index in [-0.39, 0.29) is 23.6 Å². The zero-order chi connectivity index (χ0) is 24.6. The van der Waals surface area contributed by atoms with Crippen molar-refractivity contribution >= 4 is 17.4 Å². The second kappa shape index (κ2) is 11.9. The molecule has 35 heavy (non-hydrogen) atoms. The molecule has 1 amide bonds. The van der Waals surface area contributed by atoms with Crippen molar-refractivity contribution in [2.75, 3.05) is 18.9 Å². The Morgan fingerprint density at radius 1 is 1.03 bits per heavy atom. The number of aromatic nitrogens is 1. The highest BCUT2D eigenvalue weighted by atomic mass is 19.1. The monoisotopic (exact) mass is 479 g/mol. The zero-order valence-electron chi connectivity index (χ0n) is 19.8. The number of pyridine rings is 1. The van der Waals surface area contributed by atoms with Gasteiger partial charge in [-0.2, -0.15) is 0 Å². The first-order valence-corrected chi connectivity index (χ1v) is 12.0. The first-order valence-electron chi connectivity index (χ1n) is 12.0. The van der Waals surface area contributed by atoms with E-state index in [0.717, 1.165) is 37.7 Å². The largest absolute Gasteiger partial charge is 0.342 e. The predicted octanol–water partition coefficient (Wildman–Crippen LogP) is 5.34. The number of benzene rings is 2. The molecule has 2 unspecified atom stereocenters. The molecule has 1 fully saturated rings. The van der Waals surface area contributed by atoms with E-state index in [2.05, 4.69) is 21.2 Å². The standard InChI is InChI=1S/C27H31F2N5O/c1-34(27(35)24-10-6-15-30-26(24)31-22-9-5-7-21(29)17-22)16-4-2-3-8-23-18-25(33-32-23)19-11-13-20(28)14-12-19/h5-7,9-15,17,23,25,32-33H,2-4,8,16,18H2,1H3,(H,30,31). The third kappa shape index (κ3) is 6.83. The third-order valence-electron chi connectivity index (χ3n) is 6.27. The quantitative estimate of drug-likeness (QED) is 0.342. The fourth-order valence-corrected chi connectivity index (χ4v) is 4.33. The summed E-state index contributed by atoms with van der Waals surface area (Å²) in [5, 5.41) is 3.04. The number of nitrogens with one attached hydrogen (secondary N) is 3. The van der Waals surface area contributed by atoms with Crippen molar-refractivity contribution in [3.8, 4) is 0 Å². The number of halogens is 2. The normalized spacial score (nSPS) is 17.3. The Balaban J connectivity index is 1.20. The van der Waals surface area contributed by atoms with Crippen molar-refractivity contribution in [1.82, 2.24) is 20.7 Å². The Kier molecular flexibility index (Phi) is 8.39. The summed E-state index contributed by atoms with van der Waals surface area (Å²) < 4.78 is 26.6. The van der Waals surface area contributed by atoms with Crippen LogP contribution in [0.3, 0.4) is 0 Å². The van der Waals surface area contributed by atoms with Crippen LogP contribution >= 0.6 is 0 Å². The summed E-state index contributed by atoms with van der Waals surface area (Å²) in [5.41, 5.74) is 8.72. The molecule has 8 heteroatoms. The first kappa shape index (κ1) is 24.8. The van der Waals surface area contributed by atoms with E-state index < -0.39 is 0 Å². The molecule has 3 aromatic rings. The maximum atomic E-state index is 13.5. The Hall–Kier alpha value is -3.36. The number of unbranched alkanes of at least 4 members (excludes halogenated alkanes) is 2. The van der Waals surface area contributed by atoms with Crippen molar-refractivity contribution in [2.24, 2.45) is 0 Å². The van der Waals surface area contributed by atoms with Gasteiger partial charge >= 0.3 is 0 Å². The van der Waals surface area contributed by atoms with E-state index in [4.69, 9.17) is 0 Å². The molecule has 3 N–H and O–H groups in total. The van der Waals surface area contributed by atoms with Crippen LogP contribution in [0.1, 0.15) is 54.1 Å². The summed E-state index contributed by atoms with van der Waals surface area (Å²) in [4.78, 5) is 19.0. The van der Waals surface area contributed by atoms with Crippen LogP contribution < -0.4 is 16.2 Å². The fourth-order valence-electron chi connectivity index (χ4n) is 4.33. The highest BCUT2D eigenvalue weighted by Gasteiger charge is 2.24. The lowest BCUT2D eigenvalue weighted by atomic mass is 9.99. The van der Waals surface area contributed by atoms with Crippen molar-refractivity contribution < 1.29 is 13.6 Å². The van der Waals surface area contributed by atoms with Gasteiger partial charge in [-0.05, 0) is 67.3 Å². The van der Waals surface area contributed by atoms with Crippen molar-refractivity contribution in [2.45, 2.75) is 44.2 Å². The minimum Gasteiger partial charge on any atom is -0.342 e. The third-order valence-corrected chi connectivity index (χ3v) is 6.27. The number of carbonyl (C=O) groups excluding carboxylic acids is 1. The summed E-state index contributed by atoms with van der Waals surface area (Å²) in [5.74, 6) is -0.293. The average Bonchev–Trinajstić information content (AvgIpc) is 3.33. The van der Waals surface area contributed by atoms with Crippen molar-refractivity contribution in [1.29, 1.82) is 0 Å². The summed E-state index contributed by atoms with van der Waals surface area (Å²) in [7, 11) is 1.79. The molecule has 2 atom stereocenters. The second-order valence-corrected chi connectivity index (χ2v) is 8.94. The zero-order valence-corrected chi connectivity index (χ0v) is 19.8. The average molecular weight is 480 g/mol. The van der Waals surface area contributed by atoms with Crippen LogP contribution in [-0.4, -0.2) is 35.4 Å². The van der Waals surface area contributed by atoms with E-state index in [9.17, 15) is 13.6 Å². The van der Waals surface area contributed by atoms with Gasteiger partial charge in [-0.25, -0.2) is 13.8 Å². The molecule has 1 aliphatic rings. The molecule has 0 aliphatic carbocycles. The summed E-state index contributed by atoms with van der Waals surface area (Å²) in [6, 6.07) is 16.7. The number of hydrogen-bond acceptors (Lipinski definition) is 5. The minimum atomic E-state index is -0.356. The predicted molar refractivity (Wildman–Crippen MR) is 133 cm³/mol. The smallest absolute Gasteiger partial charge is 0.257 e. The minimum absolute atomic E-state index is 0.124. The van der Waals surface area contributed by atoms with Crippen LogP contribution in [0.4, 0.5) is 20.3 Å². The van der Waals surface area contributed by atoms with Gasteiger partial charge in [-0.15, -0.1) is 0 Å². The van der Waals surface area contributed by atoms with E-state index in [0.29, 0.717) is 29.7 Å². The van der Waals surface area contributed by atoms with E-state index in [1.54, 1.807) is 42.4 Å². The van der Waals surface area contributed by atoms with E-state index in [1.807, 2.05) is 12.1 Å². The van der Waals surface area contributed by atoms with Gasteiger partial charge in [0.05, 0.1) is 5.56 Å². The summed E-state index contributed by atoms with van der Waals surface area (Å²) in [6.07, 6.45) is 6.57. The molecule has 0 bridgehead atoms. The van der Waals surface area contributed by atoms with Crippen LogP contribution in [0.2, 0.25) is 0 Å². The maximum Gasteiger partial charge on any atom is 0.257 e. The molecule has 2 heterocycles. The van der Waals surface area contributed by atoms with Gasteiger partial charge in [0, 0.05) is 37.6 Å². The van der Waals surface area contributed by atoms with Gasteiger partial charge < -0.3 is 10.2 Å². The lowest BCUT2D eigenvalue weighted by Gasteiger charge is -2.19. The van der Waals surface area contributed by atoms with Gasteiger partial charge in [-0.1, -0.05) is 31.0 Å². The van der Waals surface area contributed by atoms with Crippen molar-refractivity contribution in [3.63, 3.8) is 0 Å². The molecule has 0 radical (unpaired) electrons. The summed E-state index contributed by atoms with van der Waals surface area (Å²) >= 11 is 0. The number of carbonyl (C=O) groups is 1. The highest BCUT2D eigenvalue weighted by Crippen LogP contribution is 2.25. The number of rotatable bonds is 10. The van der Waals surface area contributed by atoms with Crippen LogP contribution in [0, 0.1) is 11.6 Å². The second-order valence-electron chi connectivity index (χ2n) is 8.94. The molecular formula is C27H31F2N5O. The summed E-state index contributed by atoms with van der Waals surface area (Å²) in [6.45, 7) is 0.641. The van der Waals surface area contributed by atoms with Gasteiger partial charge in [0.15, 0.2) is 0 Å². The van der Waals surface area contributed by atoms with Gasteiger partial charge in [0.25, 0.3) is 5.91 Å². The van der Waals surface area contributed by atoms with Crippen LogP contribution in [0.15, 0.2) is 66.9 Å². The Morgan fingerprint density at radius 2 is 1.86 bits per heavy atom. The molecular weight excluding hydrogens is 448 g/mol. The van der Waals surface area contributed by atoms with Crippen LogP contribution in [-0.2, 0) is 0 Å². The lowest BCUT2D eigenvalue weighted by Crippen LogP contribution is -2.31. The molecule has 4 rings (SSSR count). The maximum absolute atomic E-state index is 13.5.